The van der Waals surface area contributed by atoms with Crippen LogP contribution in [0.2, 0.25) is 5.02 Å². The Labute approximate surface area is 199 Å². The first-order chi connectivity index (χ1) is 16.1. The van der Waals surface area contributed by atoms with Crippen LogP contribution in [0.5, 0.6) is 0 Å². The molecule has 0 saturated carbocycles. The van der Waals surface area contributed by atoms with Crippen LogP contribution in [0.4, 0.5) is 14.6 Å². The van der Waals surface area contributed by atoms with Crippen molar-refractivity contribution in [1.82, 2.24) is 9.71 Å². The molecule has 1 aliphatic heterocycles. The molecule has 1 aromatic heterocycles. The van der Waals surface area contributed by atoms with Gasteiger partial charge in [0, 0.05) is 18.1 Å². The van der Waals surface area contributed by atoms with Crippen LogP contribution in [0.1, 0.15) is 34.1 Å². The lowest BCUT2D eigenvalue weighted by Gasteiger charge is -2.39. The number of pyridine rings is 1. The molecule has 0 unspecified atom stereocenters. The van der Waals surface area contributed by atoms with Gasteiger partial charge >= 0.3 is 5.97 Å². The highest BCUT2D eigenvalue weighted by Gasteiger charge is 2.37. The Morgan fingerprint density at radius 3 is 2.65 bits per heavy atom. The number of hydrogen-bond donors (Lipinski definition) is 1. The average Bonchev–Trinajstić information content (AvgIpc) is 2.74. The summed E-state index contributed by atoms with van der Waals surface area (Å²) in [5.74, 6) is -3.50. The highest BCUT2D eigenvalue weighted by Crippen LogP contribution is 2.29. The number of halogens is 3. The number of nitriles is 1. The molecule has 34 heavy (non-hydrogen) atoms. The van der Waals surface area contributed by atoms with E-state index in [0.29, 0.717) is 0 Å². The summed E-state index contributed by atoms with van der Waals surface area (Å²) in [5, 5.41) is 9.35. The minimum atomic E-state index is -4.11. The number of aromatic nitrogens is 1. The second-order valence-electron chi connectivity index (χ2n) is 7.38. The number of ether oxygens (including phenoxy) is 1. The molecule has 13 heteroatoms. The van der Waals surface area contributed by atoms with Gasteiger partial charge in [0.05, 0.1) is 35.1 Å². The molecule has 2 aromatic rings. The Morgan fingerprint density at radius 1 is 1.35 bits per heavy atom. The van der Waals surface area contributed by atoms with E-state index in [1.54, 1.807) is 6.92 Å². The number of alkyl halides is 1. The summed E-state index contributed by atoms with van der Waals surface area (Å²) >= 11 is 5.85. The van der Waals surface area contributed by atoms with Crippen LogP contribution in [0.15, 0.2) is 24.3 Å². The van der Waals surface area contributed by atoms with Gasteiger partial charge in [0.1, 0.15) is 24.4 Å². The van der Waals surface area contributed by atoms with Crippen molar-refractivity contribution in [3.05, 3.63) is 57.5 Å². The van der Waals surface area contributed by atoms with Crippen molar-refractivity contribution in [2.24, 2.45) is 5.92 Å². The lowest BCUT2D eigenvalue weighted by Crippen LogP contribution is -2.55. The number of nitrogens with zero attached hydrogens (tertiary/aromatic N) is 3. The van der Waals surface area contributed by atoms with E-state index < -0.39 is 46.1 Å². The molecular weight excluding hydrogens is 494 g/mol. The number of hydrogen-bond acceptors (Lipinski definition) is 8. The predicted octanol–water partition coefficient (Wildman–Crippen LogP) is 2.47. The Bertz CT molecular complexity index is 1280. The molecular formula is C21H19ClF2N4O5S. The smallest absolute Gasteiger partial charge is 0.340 e. The average molecular weight is 513 g/mol. The lowest BCUT2D eigenvalue weighted by molar-refractivity contribution is -0.123. The lowest BCUT2D eigenvalue weighted by atomic mass is 9.98. The van der Waals surface area contributed by atoms with E-state index >= 15 is 0 Å². The third-order valence-electron chi connectivity index (χ3n) is 4.99. The van der Waals surface area contributed by atoms with Crippen LogP contribution in [0.3, 0.4) is 0 Å². The van der Waals surface area contributed by atoms with Crippen LogP contribution in [0, 0.1) is 23.1 Å². The highest BCUT2D eigenvalue weighted by molar-refractivity contribution is 7.89. The Kier molecular flexibility index (Phi) is 7.68. The van der Waals surface area contributed by atoms with Crippen molar-refractivity contribution in [2.45, 2.75) is 19.4 Å². The fraction of sp³-hybridized carbons (Fsp3) is 0.333. The van der Waals surface area contributed by atoms with Gasteiger partial charge in [0.15, 0.2) is 0 Å². The van der Waals surface area contributed by atoms with Crippen molar-refractivity contribution >= 4 is 39.3 Å². The van der Waals surface area contributed by atoms with Crippen LogP contribution in [0.25, 0.3) is 0 Å². The topological polar surface area (TPSA) is 129 Å². The maximum atomic E-state index is 13.5. The van der Waals surface area contributed by atoms with Gasteiger partial charge in [-0.05, 0) is 30.7 Å². The van der Waals surface area contributed by atoms with Crippen LogP contribution >= 0.6 is 11.6 Å². The number of anilines is 1. The Balaban J connectivity index is 1.69. The van der Waals surface area contributed by atoms with Gasteiger partial charge in [-0.2, -0.15) is 5.26 Å². The van der Waals surface area contributed by atoms with Gasteiger partial charge in [-0.3, -0.25) is 9.52 Å². The van der Waals surface area contributed by atoms with Gasteiger partial charge in [-0.1, -0.05) is 17.7 Å². The number of carbonyl (C=O) groups is 2. The number of benzene rings is 1. The molecule has 0 atom stereocenters. The van der Waals surface area contributed by atoms with Crippen molar-refractivity contribution < 1.29 is 31.5 Å². The summed E-state index contributed by atoms with van der Waals surface area (Å²) in [6, 6.07) is 6.30. The molecule has 1 aliphatic rings. The van der Waals surface area contributed by atoms with Gasteiger partial charge in [-0.25, -0.2) is 27.0 Å². The number of rotatable bonds is 8. The fourth-order valence-corrected chi connectivity index (χ4v) is 4.80. The van der Waals surface area contributed by atoms with Gasteiger partial charge in [-0.15, -0.1) is 0 Å². The SMILES string of the molecule is CCOC(=O)c1cc(C#N)c(N2CC(C(=O)NS(=O)(=O)Cc3ccc(F)cc3Cl)C2)nc1CF. The van der Waals surface area contributed by atoms with E-state index in [9.17, 15) is 32.0 Å². The van der Waals surface area contributed by atoms with Crippen molar-refractivity contribution in [2.75, 3.05) is 24.6 Å². The number of nitrogens with one attached hydrogen (secondary N) is 1. The molecule has 0 radical (unpaired) electrons. The molecule has 0 bridgehead atoms. The predicted molar refractivity (Wildman–Crippen MR) is 118 cm³/mol. The Hall–Kier alpha value is -3.30. The third kappa shape index (κ3) is 5.60. The first-order valence-electron chi connectivity index (χ1n) is 9.98. The molecule has 1 saturated heterocycles. The van der Waals surface area contributed by atoms with E-state index in [4.69, 9.17) is 16.3 Å². The molecule has 1 N–H and O–H groups in total. The zero-order valence-corrected chi connectivity index (χ0v) is 19.4. The van der Waals surface area contributed by atoms with E-state index in [2.05, 4.69) is 4.98 Å². The maximum absolute atomic E-state index is 13.5. The second kappa shape index (κ2) is 10.3. The number of carbonyl (C=O) groups excluding carboxylic acids is 2. The summed E-state index contributed by atoms with van der Waals surface area (Å²) < 4.78 is 58.1. The number of amides is 1. The van der Waals surface area contributed by atoms with E-state index in [-0.39, 0.29) is 52.9 Å². The zero-order valence-electron chi connectivity index (χ0n) is 17.8. The monoisotopic (exact) mass is 512 g/mol. The van der Waals surface area contributed by atoms with Crippen molar-refractivity contribution in [3.63, 3.8) is 0 Å². The molecule has 180 valence electrons. The van der Waals surface area contributed by atoms with Gasteiger partial charge < -0.3 is 9.64 Å². The maximum Gasteiger partial charge on any atom is 0.340 e. The van der Waals surface area contributed by atoms with E-state index in [0.717, 1.165) is 12.1 Å². The molecule has 1 aromatic carbocycles. The summed E-state index contributed by atoms with van der Waals surface area (Å²) in [6.45, 7) is 0.609. The van der Waals surface area contributed by atoms with Crippen molar-refractivity contribution in [1.29, 1.82) is 5.26 Å². The molecule has 3 rings (SSSR count). The minimum absolute atomic E-state index is 0.0160. The third-order valence-corrected chi connectivity index (χ3v) is 6.55. The normalized spacial score (nSPS) is 13.7. The molecule has 9 nitrogen and oxygen atoms in total. The standard InChI is InChI=1S/C21H19ClF2N4O5S/c1-2-33-21(30)16-5-13(8-25)19(26-18(16)7-23)28-9-14(10-28)20(29)27-34(31,32)11-12-3-4-15(24)6-17(12)22/h3-6,14H,2,7,9-11H2,1H3,(H,27,29). The van der Waals surface area contributed by atoms with Gasteiger partial charge in [0.25, 0.3) is 0 Å². The quantitative estimate of drug-likeness (QED) is 0.534. The molecule has 1 amide bonds. The summed E-state index contributed by atoms with van der Waals surface area (Å²) in [4.78, 5) is 30.0. The summed E-state index contributed by atoms with van der Waals surface area (Å²) in [5.41, 5.74) is -0.260. The van der Waals surface area contributed by atoms with E-state index in [1.165, 1.54) is 17.0 Å². The number of esters is 1. The Morgan fingerprint density at radius 2 is 2.06 bits per heavy atom. The number of sulfonamides is 1. The zero-order chi connectivity index (χ0) is 25.0. The van der Waals surface area contributed by atoms with Crippen LogP contribution in [-0.2, 0) is 32.0 Å². The first kappa shape index (κ1) is 25.3. The van der Waals surface area contributed by atoms with Crippen LogP contribution < -0.4 is 9.62 Å². The fourth-order valence-electron chi connectivity index (χ4n) is 3.28. The minimum Gasteiger partial charge on any atom is -0.462 e. The van der Waals surface area contributed by atoms with Gasteiger partial charge in [0.2, 0.25) is 15.9 Å². The summed E-state index contributed by atoms with van der Waals surface area (Å²) in [6.07, 6.45) is 0. The molecule has 0 spiro atoms. The van der Waals surface area contributed by atoms with Crippen LogP contribution in [-0.4, -0.2) is 45.0 Å². The molecule has 1 fully saturated rings. The molecule has 2 heterocycles. The first-order valence-corrected chi connectivity index (χ1v) is 12.0. The largest absolute Gasteiger partial charge is 0.462 e. The highest BCUT2D eigenvalue weighted by atomic mass is 35.5. The molecule has 0 aliphatic carbocycles. The second-order valence-corrected chi connectivity index (χ2v) is 9.51. The van der Waals surface area contributed by atoms with E-state index in [1.807, 2.05) is 10.8 Å². The summed E-state index contributed by atoms with van der Waals surface area (Å²) in [7, 11) is -4.11. The van der Waals surface area contributed by atoms with Crippen molar-refractivity contribution in [3.8, 4) is 6.07 Å².